The van der Waals surface area contributed by atoms with Crippen molar-refractivity contribution in [2.24, 2.45) is 13.0 Å². The Morgan fingerprint density at radius 1 is 1.21 bits per heavy atom. The maximum Gasteiger partial charge on any atom is 0.239 e. The highest BCUT2D eigenvalue weighted by molar-refractivity contribution is 5.91. The Bertz CT molecular complexity index is 874. The lowest BCUT2D eigenvalue weighted by molar-refractivity contribution is -0.131. The molecule has 0 spiro atoms. The van der Waals surface area contributed by atoms with Crippen molar-refractivity contribution in [3.8, 4) is 0 Å². The van der Waals surface area contributed by atoms with Gasteiger partial charge >= 0.3 is 0 Å². The van der Waals surface area contributed by atoms with Crippen molar-refractivity contribution in [2.45, 2.75) is 32.2 Å². The van der Waals surface area contributed by atoms with Crippen molar-refractivity contribution >= 4 is 17.6 Å². The third-order valence-electron chi connectivity index (χ3n) is 6.40. The number of fused-ring (bicyclic) bond motifs is 1. The molecule has 2 aliphatic rings. The molecular weight excluding hydrogens is 366 g/mol. The van der Waals surface area contributed by atoms with Gasteiger partial charge in [-0.05, 0) is 18.9 Å². The number of amides is 2. The molecule has 1 aromatic heterocycles. The summed E-state index contributed by atoms with van der Waals surface area (Å²) >= 11 is 0. The van der Waals surface area contributed by atoms with Gasteiger partial charge in [-0.3, -0.25) is 19.2 Å². The average molecular weight is 396 g/mol. The number of benzene rings is 1. The zero-order valence-corrected chi connectivity index (χ0v) is 17.3. The maximum atomic E-state index is 12.6. The Balaban J connectivity index is 1.44. The Kier molecular flexibility index (Phi) is 5.41. The summed E-state index contributed by atoms with van der Waals surface area (Å²) in [4.78, 5) is 29.0. The molecule has 7 heteroatoms. The van der Waals surface area contributed by atoms with Crippen LogP contribution >= 0.6 is 0 Å². The smallest absolute Gasteiger partial charge is 0.239 e. The van der Waals surface area contributed by atoms with Crippen molar-refractivity contribution in [1.29, 1.82) is 0 Å². The fourth-order valence-corrected chi connectivity index (χ4v) is 4.87. The van der Waals surface area contributed by atoms with Crippen LogP contribution in [0.15, 0.2) is 36.4 Å². The van der Waals surface area contributed by atoms with Gasteiger partial charge in [0, 0.05) is 63.2 Å². The molecule has 0 radical (unpaired) electrons. The lowest BCUT2D eigenvalue weighted by Crippen LogP contribution is -2.49. The average Bonchev–Trinajstić information content (AvgIpc) is 3.22. The lowest BCUT2D eigenvalue weighted by atomic mass is 9.82. The molecule has 7 nitrogen and oxygen atoms in total. The SMILES string of the molecule is CC(=O)N1C[C@H](c2ccccc2)[C@H]2CN(CC(=O)Nc3cc(C)n(C)n3)CC[C@H]21. The van der Waals surface area contributed by atoms with E-state index in [2.05, 4.69) is 39.6 Å². The van der Waals surface area contributed by atoms with Gasteiger partial charge in [-0.15, -0.1) is 0 Å². The third-order valence-corrected chi connectivity index (χ3v) is 6.40. The topological polar surface area (TPSA) is 70.5 Å². The number of aryl methyl sites for hydroxylation is 2. The van der Waals surface area contributed by atoms with Gasteiger partial charge in [0.1, 0.15) is 0 Å². The van der Waals surface area contributed by atoms with Crippen molar-refractivity contribution < 1.29 is 9.59 Å². The van der Waals surface area contributed by atoms with E-state index in [9.17, 15) is 9.59 Å². The van der Waals surface area contributed by atoms with Gasteiger partial charge in [-0.1, -0.05) is 30.3 Å². The van der Waals surface area contributed by atoms with Crippen LogP contribution in [0.3, 0.4) is 0 Å². The van der Waals surface area contributed by atoms with Crippen LogP contribution in [0.4, 0.5) is 5.82 Å². The number of carbonyl (C=O) groups excluding carboxylic acids is 2. The second kappa shape index (κ2) is 7.99. The van der Waals surface area contributed by atoms with E-state index in [0.29, 0.717) is 24.2 Å². The summed E-state index contributed by atoms with van der Waals surface area (Å²) in [6.45, 7) is 6.38. The summed E-state index contributed by atoms with van der Waals surface area (Å²) in [6.07, 6.45) is 0.906. The number of hydrogen-bond donors (Lipinski definition) is 1. The molecule has 29 heavy (non-hydrogen) atoms. The molecule has 0 unspecified atom stereocenters. The minimum atomic E-state index is -0.0424. The third kappa shape index (κ3) is 4.05. The Hall–Kier alpha value is -2.67. The number of likely N-dealkylation sites (tertiary alicyclic amines) is 2. The van der Waals surface area contributed by atoms with E-state index >= 15 is 0 Å². The van der Waals surface area contributed by atoms with Gasteiger partial charge in [0.25, 0.3) is 0 Å². The monoisotopic (exact) mass is 395 g/mol. The van der Waals surface area contributed by atoms with Crippen molar-refractivity contribution in [2.75, 3.05) is 31.5 Å². The largest absolute Gasteiger partial charge is 0.339 e. The molecule has 2 amide bonds. The highest BCUT2D eigenvalue weighted by atomic mass is 16.2. The minimum absolute atomic E-state index is 0.0424. The maximum absolute atomic E-state index is 12.6. The van der Waals surface area contributed by atoms with Gasteiger partial charge in [0.05, 0.1) is 6.54 Å². The summed E-state index contributed by atoms with van der Waals surface area (Å²) < 4.78 is 1.75. The van der Waals surface area contributed by atoms with Gasteiger partial charge in [-0.25, -0.2) is 0 Å². The number of piperidine rings is 1. The summed E-state index contributed by atoms with van der Waals surface area (Å²) in [5.74, 6) is 1.36. The number of nitrogens with zero attached hydrogens (tertiary/aromatic N) is 4. The fourth-order valence-electron chi connectivity index (χ4n) is 4.87. The molecule has 2 saturated heterocycles. The van der Waals surface area contributed by atoms with E-state index in [1.54, 1.807) is 11.6 Å². The van der Waals surface area contributed by atoms with Crippen LogP contribution in [-0.4, -0.2) is 63.6 Å². The first-order chi connectivity index (χ1) is 13.9. The molecule has 1 N–H and O–H groups in total. The number of aromatic nitrogens is 2. The highest BCUT2D eigenvalue weighted by Gasteiger charge is 2.46. The van der Waals surface area contributed by atoms with Crippen LogP contribution in [0.25, 0.3) is 0 Å². The molecule has 4 rings (SSSR count). The van der Waals surface area contributed by atoms with Crippen molar-refractivity contribution in [1.82, 2.24) is 19.6 Å². The fraction of sp³-hybridized carbons (Fsp3) is 0.500. The normalized spacial score (nSPS) is 24.4. The van der Waals surface area contributed by atoms with E-state index < -0.39 is 0 Å². The van der Waals surface area contributed by atoms with E-state index in [1.165, 1.54) is 5.56 Å². The number of hydrogen-bond acceptors (Lipinski definition) is 4. The number of nitrogens with one attached hydrogen (secondary N) is 1. The zero-order chi connectivity index (χ0) is 20.5. The molecule has 0 aliphatic carbocycles. The second-order valence-corrected chi connectivity index (χ2v) is 8.29. The predicted octanol–water partition coefficient (Wildman–Crippen LogP) is 2.00. The van der Waals surface area contributed by atoms with Crippen LogP contribution in [0.1, 0.15) is 30.5 Å². The zero-order valence-electron chi connectivity index (χ0n) is 17.3. The van der Waals surface area contributed by atoms with Crippen LogP contribution in [0.2, 0.25) is 0 Å². The summed E-state index contributed by atoms with van der Waals surface area (Å²) in [7, 11) is 1.86. The Morgan fingerprint density at radius 3 is 2.62 bits per heavy atom. The predicted molar refractivity (Wildman–Crippen MR) is 111 cm³/mol. The Morgan fingerprint density at radius 2 is 1.97 bits per heavy atom. The molecule has 2 aliphatic heterocycles. The van der Waals surface area contributed by atoms with E-state index in [4.69, 9.17) is 0 Å². The van der Waals surface area contributed by atoms with Gasteiger partial charge in [0.15, 0.2) is 5.82 Å². The first-order valence-electron chi connectivity index (χ1n) is 10.3. The molecule has 0 saturated carbocycles. The van der Waals surface area contributed by atoms with E-state index in [0.717, 1.165) is 31.7 Å². The molecule has 2 aromatic rings. The molecule has 154 valence electrons. The lowest BCUT2D eigenvalue weighted by Gasteiger charge is -2.38. The minimum Gasteiger partial charge on any atom is -0.339 e. The standard InChI is InChI=1S/C22H29N5O2/c1-15-11-21(24-25(15)3)23-22(29)14-26-10-9-20-19(12-26)18(13-27(20)16(2)28)17-7-5-4-6-8-17/h4-8,11,18-20H,9-10,12-14H2,1-3H3,(H,23,24,29)/t18-,19-,20-/m1/s1. The molecular formula is C22H29N5O2. The van der Waals surface area contributed by atoms with Crippen LogP contribution < -0.4 is 5.32 Å². The first kappa shape index (κ1) is 19.6. The van der Waals surface area contributed by atoms with Crippen molar-refractivity contribution in [3.63, 3.8) is 0 Å². The number of anilines is 1. The summed E-state index contributed by atoms with van der Waals surface area (Å²) in [5, 5.41) is 7.20. The Labute approximate surface area is 171 Å². The van der Waals surface area contributed by atoms with Gasteiger partial charge in [0.2, 0.25) is 11.8 Å². The molecule has 3 heterocycles. The van der Waals surface area contributed by atoms with Crippen LogP contribution in [0.5, 0.6) is 0 Å². The first-order valence-corrected chi connectivity index (χ1v) is 10.3. The van der Waals surface area contributed by atoms with Crippen LogP contribution in [0, 0.1) is 12.8 Å². The molecule has 2 fully saturated rings. The number of rotatable bonds is 4. The number of carbonyl (C=O) groups is 2. The van der Waals surface area contributed by atoms with Gasteiger partial charge < -0.3 is 10.2 Å². The molecule has 3 atom stereocenters. The highest BCUT2D eigenvalue weighted by Crippen LogP contribution is 2.41. The van der Waals surface area contributed by atoms with Gasteiger partial charge in [-0.2, -0.15) is 5.10 Å². The summed E-state index contributed by atoms with van der Waals surface area (Å²) in [6, 6.07) is 12.6. The van der Waals surface area contributed by atoms with Crippen LogP contribution in [-0.2, 0) is 16.6 Å². The summed E-state index contributed by atoms with van der Waals surface area (Å²) in [5.41, 5.74) is 2.28. The molecule has 0 bridgehead atoms. The molecule has 1 aromatic carbocycles. The van der Waals surface area contributed by atoms with E-state index in [1.807, 2.05) is 31.0 Å². The second-order valence-electron chi connectivity index (χ2n) is 8.29. The quantitative estimate of drug-likeness (QED) is 0.860. The van der Waals surface area contributed by atoms with Crippen molar-refractivity contribution in [3.05, 3.63) is 47.7 Å². The van der Waals surface area contributed by atoms with E-state index in [-0.39, 0.29) is 17.9 Å².